The maximum absolute atomic E-state index is 13.0. The Morgan fingerprint density at radius 1 is 1.00 bits per heavy atom. The zero-order chi connectivity index (χ0) is 24.3. The zero-order valence-corrected chi connectivity index (χ0v) is 20.3. The number of rotatable bonds is 7. The number of ether oxygens (including phenoxy) is 2. The van der Waals surface area contributed by atoms with E-state index in [1.807, 2.05) is 30.3 Å². The summed E-state index contributed by atoms with van der Waals surface area (Å²) in [5, 5.41) is 2.85. The van der Waals surface area contributed by atoms with E-state index >= 15 is 0 Å². The van der Waals surface area contributed by atoms with E-state index in [4.69, 9.17) is 9.47 Å². The van der Waals surface area contributed by atoms with Crippen LogP contribution in [-0.2, 0) is 21.1 Å². The SMILES string of the molecule is COc1cc2c(cc1OC)[C@H](c1ccccc1)N(CC(=O)Nc1cccc(S(C)(=O)=O)c1)CC2. The lowest BCUT2D eigenvalue weighted by molar-refractivity contribution is -0.117. The van der Waals surface area contributed by atoms with E-state index in [0.717, 1.165) is 29.4 Å². The second kappa shape index (κ2) is 9.87. The number of carbonyl (C=O) groups excluding carboxylic acids is 1. The molecule has 0 bridgehead atoms. The topological polar surface area (TPSA) is 84.9 Å². The molecule has 0 saturated carbocycles. The van der Waals surface area contributed by atoms with E-state index in [1.165, 1.54) is 12.1 Å². The van der Waals surface area contributed by atoms with Gasteiger partial charge in [0.15, 0.2) is 21.3 Å². The van der Waals surface area contributed by atoms with Gasteiger partial charge in [0.2, 0.25) is 5.91 Å². The molecule has 178 valence electrons. The van der Waals surface area contributed by atoms with Crippen molar-refractivity contribution in [1.82, 2.24) is 4.90 Å². The van der Waals surface area contributed by atoms with Crippen molar-refractivity contribution < 1.29 is 22.7 Å². The first-order valence-electron chi connectivity index (χ1n) is 10.9. The maximum atomic E-state index is 13.0. The predicted molar refractivity (Wildman–Crippen MR) is 131 cm³/mol. The summed E-state index contributed by atoms with van der Waals surface area (Å²) in [6.45, 7) is 0.829. The fourth-order valence-electron chi connectivity index (χ4n) is 4.38. The lowest BCUT2D eigenvalue weighted by Crippen LogP contribution is -2.41. The van der Waals surface area contributed by atoms with E-state index in [9.17, 15) is 13.2 Å². The monoisotopic (exact) mass is 480 g/mol. The number of fused-ring (bicyclic) bond motifs is 1. The van der Waals surface area contributed by atoms with Gasteiger partial charge in [-0.1, -0.05) is 36.4 Å². The summed E-state index contributed by atoms with van der Waals surface area (Å²) in [5.74, 6) is 1.12. The van der Waals surface area contributed by atoms with Crippen LogP contribution in [0.1, 0.15) is 22.7 Å². The van der Waals surface area contributed by atoms with Gasteiger partial charge in [0, 0.05) is 18.5 Å². The van der Waals surface area contributed by atoms with Gasteiger partial charge < -0.3 is 14.8 Å². The van der Waals surface area contributed by atoms with Crippen LogP contribution in [0.3, 0.4) is 0 Å². The predicted octanol–water partition coefficient (Wildman–Crippen LogP) is 3.69. The number of sulfone groups is 1. The number of methoxy groups -OCH3 is 2. The minimum absolute atomic E-state index is 0.141. The van der Waals surface area contributed by atoms with Gasteiger partial charge in [-0.25, -0.2) is 8.42 Å². The number of hydrogen-bond acceptors (Lipinski definition) is 6. The molecule has 4 rings (SSSR count). The quantitative estimate of drug-likeness (QED) is 0.555. The fraction of sp³-hybridized carbons (Fsp3) is 0.269. The molecule has 7 nitrogen and oxygen atoms in total. The van der Waals surface area contributed by atoms with Crippen molar-refractivity contribution in [3.63, 3.8) is 0 Å². The summed E-state index contributed by atoms with van der Waals surface area (Å²) in [5.41, 5.74) is 3.75. The highest BCUT2D eigenvalue weighted by molar-refractivity contribution is 7.90. The van der Waals surface area contributed by atoms with Crippen molar-refractivity contribution in [3.05, 3.63) is 83.4 Å². The van der Waals surface area contributed by atoms with Crippen LogP contribution in [-0.4, -0.2) is 52.8 Å². The van der Waals surface area contributed by atoms with Gasteiger partial charge in [0.1, 0.15) is 0 Å². The highest BCUT2D eigenvalue weighted by atomic mass is 32.2. The molecule has 1 heterocycles. The third-order valence-corrected chi connectivity index (χ3v) is 7.09. The van der Waals surface area contributed by atoms with Crippen molar-refractivity contribution in [2.75, 3.05) is 38.9 Å². The van der Waals surface area contributed by atoms with Gasteiger partial charge in [-0.3, -0.25) is 9.69 Å². The van der Waals surface area contributed by atoms with Crippen LogP contribution in [0.25, 0.3) is 0 Å². The molecule has 1 N–H and O–H groups in total. The van der Waals surface area contributed by atoms with Crippen molar-refractivity contribution in [3.8, 4) is 11.5 Å². The summed E-state index contributed by atoms with van der Waals surface area (Å²) in [4.78, 5) is 15.3. The van der Waals surface area contributed by atoms with Gasteiger partial charge in [-0.05, 0) is 53.4 Å². The van der Waals surface area contributed by atoms with Crippen LogP contribution >= 0.6 is 0 Å². The summed E-state index contributed by atoms with van der Waals surface area (Å²) in [6, 6.07) is 20.2. The van der Waals surface area contributed by atoms with Crippen molar-refractivity contribution in [2.24, 2.45) is 0 Å². The third kappa shape index (κ3) is 5.08. The average molecular weight is 481 g/mol. The number of carbonyl (C=O) groups is 1. The van der Waals surface area contributed by atoms with Crippen molar-refractivity contribution in [2.45, 2.75) is 17.4 Å². The molecule has 1 atom stereocenters. The number of benzene rings is 3. The summed E-state index contributed by atoms with van der Waals surface area (Å²) >= 11 is 0. The van der Waals surface area contributed by atoms with Gasteiger partial charge in [-0.15, -0.1) is 0 Å². The highest BCUT2D eigenvalue weighted by Crippen LogP contribution is 2.40. The summed E-state index contributed by atoms with van der Waals surface area (Å²) in [7, 11) is -0.129. The molecule has 8 heteroatoms. The number of anilines is 1. The van der Waals surface area contributed by atoms with Gasteiger partial charge >= 0.3 is 0 Å². The van der Waals surface area contributed by atoms with Crippen LogP contribution in [0.15, 0.2) is 71.6 Å². The second-order valence-corrected chi connectivity index (χ2v) is 10.3. The Hall–Kier alpha value is -3.36. The smallest absolute Gasteiger partial charge is 0.238 e. The van der Waals surface area contributed by atoms with Crippen LogP contribution in [0, 0.1) is 0 Å². The number of amides is 1. The van der Waals surface area contributed by atoms with Gasteiger partial charge in [0.25, 0.3) is 0 Å². The largest absolute Gasteiger partial charge is 0.493 e. The molecule has 0 unspecified atom stereocenters. The number of hydrogen-bond donors (Lipinski definition) is 1. The first kappa shape index (κ1) is 23.8. The molecule has 0 radical (unpaired) electrons. The third-order valence-electron chi connectivity index (χ3n) is 5.98. The number of nitrogens with zero attached hydrogens (tertiary/aromatic N) is 1. The second-order valence-electron chi connectivity index (χ2n) is 8.29. The molecule has 1 aliphatic rings. The Labute approximate surface area is 200 Å². The molecule has 1 amide bonds. The van der Waals surface area contributed by atoms with E-state index in [0.29, 0.717) is 23.7 Å². The van der Waals surface area contributed by atoms with Gasteiger partial charge in [-0.2, -0.15) is 0 Å². The van der Waals surface area contributed by atoms with E-state index < -0.39 is 9.84 Å². The standard InChI is InChI=1S/C26H28N2O5S/c1-32-23-14-19-12-13-28(17-25(29)27-20-10-7-11-21(15-20)34(3,30)31)26(18-8-5-4-6-9-18)22(19)16-24(23)33-2/h4-11,14-16,26H,12-13,17H2,1-3H3,(H,27,29)/t26-/m0/s1. The molecule has 3 aromatic rings. The first-order valence-corrected chi connectivity index (χ1v) is 12.8. The van der Waals surface area contributed by atoms with Gasteiger partial charge in [0.05, 0.1) is 31.7 Å². The minimum Gasteiger partial charge on any atom is -0.493 e. The highest BCUT2D eigenvalue weighted by Gasteiger charge is 2.31. The lowest BCUT2D eigenvalue weighted by Gasteiger charge is -2.37. The van der Waals surface area contributed by atoms with E-state index in [2.05, 4.69) is 22.3 Å². The average Bonchev–Trinajstić information content (AvgIpc) is 2.83. The molecule has 0 aromatic heterocycles. The first-order chi connectivity index (χ1) is 16.3. The van der Waals surface area contributed by atoms with Crippen LogP contribution < -0.4 is 14.8 Å². The van der Waals surface area contributed by atoms with Crippen LogP contribution in [0.4, 0.5) is 5.69 Å². The van der Waals surface area contributed by atoms with E-state index in [1.54, 1.807) is 26.4 Å². The van der Waals surface area contributed by atoms with Crippen LogP contribution in [0.5, 0.6) is 11.5 Å². The molecular weight excluding hydrogens is 452 g/mol. The minimum atomic E-state index is -3.36. The lowest BCUT2D eigenvalue weighted by atomic mass is 9.87. The molecule has 3 aromatic carbocycles. The normalized spacial score (nSPS) is 15.9. The van der Waals surface area contributed by atoms with E-state index in [-0.39, 0.29) is 23.4 Å². The summed E-state index contributed by atoms with van der Waals surface area (Å²) < 4.78 is 34.8. The van der Waals surface area contributed by atoms with Crippen LogP contribution in [0.2, 0.25) is 0 Å². The molecular formula is C26H28N2O5S. The molecule has 1 aliphatic heterocycles. The van der Waals surface area contributed by atoms with Crippen molar-refractivity contribution >= 4 is 21.4 Å². The Morgan fingerprint density at radius 2 is 1.71 bits per heavy atom. The Morgan fingerprint density at radius 3 is 2.38 bits per heavy atom. The number of nitrogens with one attached hydrogen (secondary N) is 1. The van der Waals surface area contributed by atoms with Crippen molar-refractivity contribution in [1.29, 1.82) is 0 Å². The molecule has 0 aliphatic carbocycles. The fourth-order valence-corrected chi connectivity index (χ4v) is 5.05. The summed E-state index contributed by atoms with van der Waals surface area (Å²) in [6.07, 6.45) is 1.91. The maximum Gasteiger partial charge on any atom is 0.238 e. The molecule has 34 heavy (non-hydrogen) atoms. The Kier molecular flexibility index (Phi) is 6.90. The molecule has 0 fully saturated rings. The molecule has 0 saturated heterocycles. The Balaban J connectivity index is 1.63. The zero-order valence-electron chi connectivity index (χ0n) is 19.4. The Bertz CT molecular complexity index is 1290. The molecule has 0 spiro atoms.